The van der Waals surface area contributed by atoms with Crippen molar-refractivity contribution in [1.29, 1.82) is 0 Å². The van der Waals surface area contributed by atoms with Crippen molar-refractivity contribution >= 4 is 5.91 Å². The molecule has 0 heterocycles. The summed E-state index contributed by atoms with van der Waals surface area (Å²) in [7, 11) is 0. The summed E-state index contributed by atoms with van der Waals surface area (Å²) >= 11 is 0. The molecule has 9 nitrogen and oxygen atoms in total. The van der Waals surface area contributed by atoms with E-state index >= 15 is 0 Å². The molecular weight excluding hydrogens is 352 g/mol. The van der Waals surface area contributed by atoms with E-state index in [1.807, 2.05) is 0 Å². The molecule has 0 aromatic carbocycles. The molecule has 0 aliphatic heterocycles. The molecule has 3 atom stereocenters. The van der Waals surface area contributed by atoms with E-state index in [4.69, 9.17) is 24.5 Å². The molecule has 0 aromatic heterocycles. The van der Waals surface area contributed by atoms with Crippen LogP contribution in [0.4, 0.5) is 0 Å². The molecule has 0 saturated heterocycles. The van der Waals surface area contributed by atoms with E-state index in [0.29, 0.717) is 77.8 Å². The first-order valence-corrected chi connectivity index (χ1v) is 9.59. The highest BCUT2D eigenvalue weighted by Crippen LogP contribution is 2.43. The maximum atomic E-state index is 12.1. The fourth-order valence-corrected chi connectivity index (χ4v) is 3.37. The summed E-state index contributed by atoms with van der Waals surface area (Å²) in [6, 6.07) is 0. The molecule has 0 aromatic rings. The SMILES string of the molecule is [N-]=[N+]=NCCOCCOCCOCCOCCNC(=O)C1CC2C=CC1C2. The van der Waals surface area contributed by atoms with Crippen LogP contribution in [0.1, 0.15) is 12.8 Å². The predicted octanol–water partition coefficient (Wildman–Crippen LogP) is 1.69. The van der Waals surface area contributed by atoms with Gasteiger partial charge >= 0.3 is 0 Å². The molecule has 2 bridgehead atoms. The summed E-state index contributed by atoms with van der Waals surface area (Å²) in [5.74, 6) is 1.36. The predicted molar refractivity (Wildman–Crippen MR) is 99.1 cm³/mol. The Morgan fingerprint density at radius 1 is 0.963 bits per heavy atom. The monoisotopic (exact) mass is 382 g/mol. The first kappa shape index (κ1) is 21.7. The normalized spacial score (nSPS) is 22.7. The number of carbonyl (C=O) groups is 1. The summed E-state index contributed by atoms with van der Waals surface area (Å²) < 4.78 is 21.4. The Hall–Kier alpha value is -1.64. The Bertz CT molecular complexity index is 510. The second-order valence-corrected chi connectivity index (χ2v) is 6.58. The second-order valence-electron chi connectivity index (χ2n) is 6.58. The summed E-state index contributed by atoms with van der Waals surface area (Å²) in [6.45, 7) is 4.71. The van der Waals surface area contributed by atoms with Gasteiger partial charge in [-0.3, -0.25) is 4.79 Å². The molecule has 0 radical (unpaired) electrons. The highest BCUT2D eigenvalue weighted by Gasteiger charge is 2.39. The van der Waals surface area contributed by atoms with Gasteiger partial charge in [0.15, 0.2) is 0 Å². The van der Waals surface area contributed by atoms with Crippen molar-refractivity contribution in [1.82, 2.24) is 5.32 Å². The number of allylic oxidation sites excluding steroid dienone is 2. The molecule has 152 valence electrons. The Morgan fingerprint density at radius 2 is 1.59 bits per heavy atom. The van der Waals surface area contributed by atoms with Crippen LogP contribution in [0.5, 0.6) is 0 Å². The zero-order valence-electron chi connectivity index (χ0n) is 15.8. The minimum atomic E-state index is 0.153. The Morgan fingerprint density at radius 3 is 2.15 bits per heavy atom. The summed E-state index contributed by atoms with van der Waals surface area (Å²) in [5.41, 5.74) is 8.09. The van der Waals surface area contributed by atoms with Gasteiger partial charge in [0.1, 0.15) is 0 Å². The van der Waals surface area contributed by atoms with Gasteiger partial charge in [-0.25, -0.2) is 0 Å². The van der Waals surface area contributed by atoms with Crippen LogP contribution in [0.3, 0.4) is 0 Å². The number of hydrogen-bond donors (Lipinski definition) is 1. The zero-order chi connectivity index (χ0) is 19.2. The van der Waals surface area contributed by atoms with E-state index in [1.54, 1.807) is 0 Å². The van der Waals surface area contributed by atoms with Crippen molar-refractivity contribution in [2.75, 3.05) is 65.9 Å². The van der Waals surface area contributed by atoms with Crippen molar-refractivity contribution in [3.05, 3.63) is 22.6 Å². The van der Waals surface area contributed by atoms with Crippen LogP contribution >= 0.6 is 0 Å². The number of ether oxygens (including phenoxy) is 4. The number of carbonyl (C=O) groups excluding carboxylic acids is 1. The molecule has 2 rings (SSSR count). The lowest BCUT2D eigenvalue weighted by Crippen LogP contribution is -2.35. The standard InChI is InChI=1S/C18H30N4O5/c19-22-21-4-6-25-8-10-27-12-11-26-9-7-24-5-3-20-18(23)17-14-15-1-2-16(17)13-15/h1-2,15-17H,3-14H2,(H,20,23). The van der Waals surface area contributed by atoms with Crippen LogP contribution in [-0.2, 0) is 23.7 Å². The van der Waals surface area contributed by atoms with Gasteiger partial charge in [0, 0.05) is 23.9 Å². The Kier molecular flexibility index (Phi) is 10.8. The minimum Gasteiger partial charge on any atom is -0.379 e. The van der Waals surface area contributed by atoms with Gasteiger partial charge in [0.05, 0.1) is 52.9 Å². The number of hydrogen-bond acceptors (Lipinski definition) is 6. The quantitative estimate of drug-likeness (QED) is 0.143. The lowest BCUT2D eigenvalue weighted by molar-refractivity contribution is -0.126. The molecule has 2 aliphatic carbocycles. The minimum absolute atomic E-state index is 0.153. The van der Waals surface area contributed by atoms with Gasteiger partial charge in [-0.2, -0.15) is 0 Å². The van der Waals surface area contributed by atoms with E-state index in [9.17, 15) is 4.79 Å². The van der Waals surface area contributed by atoms with Gasteiger partial charge in [-0.15, -0.1) is 0 Å². The molecule has 2 aliphatic rings. The van der Waals surface area contributed by atoms with Crippen LogP contribution in [0.25, 0.3) is 10.4 Å². The molecule has 1 saturated carbocycles. The van der Waals surface area contributed by atoms with E-state index in [0.717, 1.165) is 12.8 Å². The fourth-order valence-electron chi connectivity index (χ4n) is 3.37. The Labute approximate surface area is 160 Å². The van der Waals surface area contributed by atoms with E-state index in [-0.39, 0.29) is 11.8 Å². The average Bonchev–Trinajstić information content (AvgIpc) is 3.31. The van der Waals surface area contributed by atoms with E-state index < -0.39 is 0 Å². The number of amides is 1. The third-order valence-corrected chi connectivity index (χ3v) is 4.68. The molecule has 0 spiro atoms. The lowest BCUT2D eigenvalue weighted by Gasteiger charge is -2.17. The third-order valence-electron chi connectivity index (χ3n) is 4.68. The number of nitrogens with zero attached hydrogens (tertiary/aromatic N) is 3. The molecule has 1 amide bonds. The molecule has 1 fully saturated rings. The van der Waals surface area contributed by atoms with Crippen molar-refractivity contribution in [3.63, 3.8) is 0 Å². The molecule has 3 unspecified atom stereocenters. The third kappa shape index (κ3) is 8.73. The van der Waals surface area contributed by atoms with Crippen molar-refractivity contribution in [2.24, 2.45) is 22.9 Å². The number of fused-ring (bicyclic) bond motifs is 2. The first-order valence-electron chi connectivity index (χ1n) is 9.59. The van der Waals surface area contributed by atoms with Crippen LogP contribution in [0.15, 0.2) is 17.3 Å². The van der Waals surface area contributed by atoms with Crippen molar-refractivity contribution in [3.8, 4) is 0 Å². The fraction of sp³-hybridized carbons (Fsp3) is 0.833. The van der Waals surface area contributed by atoms with Gasteiger partial charge in [-0.1, -0.05) is 17.3 Å². The summed E-state index contributed by atoms with van der Waals surface area (Å²) in [6.07, 6.45) is 6.56. The van der Waals surface area contributed by atoms with Gasteiger partial charge in [0.2, 0.25) is 5.91 Å². The van der Waals surface area contributed by atoms with Gasteiger partial charge in [-0.05, 0) is 30.2 Å². The molecule has 27 heavy (non-hydrogen) atoms. The topological polar surface area (TPSA) is 115 Å². The zero-order valence-corrected chi connectivity index (χ0v) is 15.8. The van der Waals surface area contributed by atoms with Crippen LogP contribution in [0.2, 0.25) is 0 Å². The average molecular weight is 382 g/mol. The van der Waals surface area contributed by atoms with E-state index in [2.05, 4.69) is 27.5 Å². The largest absolute Gasteiger partial charge is 0.379 e. The molecule has 9 heteroatoms. The molecule has 1 N–H and O–H groups in total. The van der Waals surface area contributed by atoms with Crippen LogP contribution in [0, 0.1) is 17.8 Å². The Balaban J connectivity index is 1.28. The highest BCUT2D eigenvalue weighted by molar-refractivity contribution is 5.79. The van der Waals surface area contributed by atoms with Crippen LogP contribution in [-0.4, -0.2) is 71.9 Å². The number of nitrogens with one attached hydrogen (secondary N) is 1. The van der Waals surface area contributed by atoms with E-state index in [1.165, 1.54) is 0 Å². The first-order chi connectivity index (χ1) is 13.3. The maximum Gasteiger partial charge on any atom is 0.223 e. The highest BCUT2D eigenvalue weighted by atomic mass is 16.6. The number of azide groups is 1. The maximum absolute atomic E-state index is 12.1. The van der Waals surface area contributed by atoms with Gasteiger partial charge < -0.3 is 24.3 Å². The van der Waals surface area contributed by atoms with Crippen LogP contribution < -0.4 is 5.32 Å². The summed E-state index contributed by atoms with van der Waals surface area (Å²) in [4.78, 5) is 14.7. The van der Waals surface area contributed by atoms with Crippen molar-refractivity contribution < 1.29 is 23.7 Å². The lowest BCUT2D eigenvalue weighted by atomic mass is 9.93. The van der Waals surface area contributed by atoms with Gasteiger partial charge in [0.25, 0.3) is 0 Å². The second kappa shape index (κ2) is 13.5. The number of rotatable bonds is 16. The summed E-state index contributed by atoms with van der Waals surface area (Å²) in [5, 5.41) is 6.32. The molecular formula is C18H30N4O5. The smallest absolute Gasteiger partial charge is 0.223 e. The van der Waals surface area contributed by atoms with Crippen molar-refractivity contribution in [2.45, 2.75) is 12.8 Å².